The van der Waals surface area contributed by atoms with Gasteiger partial charge in [-0.1, -0.05) is 62.4 Å². The summed E-state index contributed by atoms with van der Waals surface area (Å²) in [6.45, 7) is 3.78. The van der Waals surface area contributed by atoms with Crippen molar-refractivity contribution in [1.29, 1.82) is 0 Å². The monoisotopic (exact) mass is 596 g/mol. The molecule has 0 aromatic heterocycles. The number of aliphatic carboxylic acids is 2. The van der Waals surface area contributed by atoms with Crippen LogP contribution in [0.4, 0.5) is 13.2 Å². The highest BCUT2D eigenvalue weighted by atomic mass is 32.2. The summed E-state index contributed by atoms with van der Waals surface area (Å²) >= 11 is 1.57. The number of hydrogen-bond donors (Lipinski definition) is 4. The first-order chi connectivity index (χ1) is 19.4. The summed E-state index contributed by atoms with van der Waals surface area (Å²) < 4.78 is 31.7. The molecular formula is C30H39F3N2O5S. The molecule has 0 spiro atoms. The third-order valence-electron chi connectivity index (χ3n) is 7.00. The van der Waals surface area contributed by atoms with Gasteiger partial charge in [0, 0.05) is 12.1 Å². The molecule has 11 heteroatoms. The van der Waals surface area contributed by atoms with Crippen molar-refractivity contribution in [1.82, 2.24) is 10.6 Å². The lowest BCUT2D eigenvalue weighted by Crippen LogP contribution is -2.41. The maximum absolute atomic E-state index is 13.2. The lowest BCUT2D eigenvalue weighted by atomic mass is 9.87. The maximum Gasteiger partial charge on any atom is 0.490 e. The minimum Gasteiger partial charge on any atom is -0.480 e. The van der Waals surface area contributed by atoms with Crippen LogP contribution < -0.4 is 10.6 Å². The molecule has 2 aromatic carbocycles. The van der Waals surface area contributed by atoms with Gasteiger partial charge in [0.1, 0.15) is 6.04 Å². The Kier molecular flexibility index (Phi) is 14.2. The molecule has 3 rings (SSSR count). The van der Waals surface area contributed by atoms with Crippen molar-refractivity contribution in [2.45, 2.75) is 70.6 Å². The average Bonchev–Trinajstić information content (AvgIpc) is 2.93. The number of carbonyl (C=O) groups is 3. The first-order valence-corrected chi connectivity index (χ1v) is 15.1. The third-order valence-corrected chi connectivity index (χ3v) is 7.65. The van der Waals surface area contributed by atoms with E-state index in [0.29, 0.717) is 17.7 Å². The van der Waals surface area contributed by atoms with Crippen molar-refractivity contribution in [3.63, 3.8) is 0 Å². The van der Waals surface area contributed by atoms with Gasteiger partial charge in [-0.15, -0.1) is 0 Å². The van der Waals surface area contributed by atoms with E-state index in [2.05, 4.69) is 16.7 Å². The number of aryl methyl sites for hydroxylation is 1. The number of nitrogens with one attached hydrogen (secondary N) is 2. The SMILES string of the molecule is CSCC[C@H](NC(=O)c1ccc(CNCCC2CCCCC2)cc1-c1ccccc1C)C(=O)O.O=C(O)C(F)(F)F. The molecular weight excluding hydrogens is 557 g/mol. The predicted molar refractivity (Wildman–Crippen MR) is 155 cm³/mol. The molecule has 1 amide bonds. The number of alkyl halides is 3. The van der Waals surface area contributed by atoms with E-state index in [4.69, 9.17) is 9.90 Å². The zero-order chi connectivity index (χ0) is 30.4. The number of amides is 1. The molecule has 0 radical (unpaired) electrons. The smallest absolute Gasteiger partial charge is 0.480 e. The number of hydrogen-bond acceptors (Lipinski definition) is 5. The molecule has 1 fully saturated rings. The number of carbonyl (C=O) groups excluding carboxylic acids is 1. The number of thioether (sulfide) groups is 1. The van der Waals surface area contributed by atoms with Crippen LogP contribution in [0, 0.1) is 12.8 Å². The first-order valence-electron chi connectivity index (χ1n) is 13.7. The summed E-state index contributed by atoms with van der Waals surface area (Å²) in [5, 5.41) is 23.0. The Morgan fingerprint density at radius 3 is 2.27 bits per heavy atom. The number of benzene rings is 2. The van der Waals surface area contributed by atoms with E-state index in [-0.39, 0.29) is 5.91 Å². The molecule has 7 nitrogen and oxygen atoms in total. The summed E-state index contributed by atoms with van der Waals surface area (Å²) in [4.78, 5) is 33.7. The second kappa shape index (κ2) is 17.0. The Morgan fingerprint density at radius 1 is 1.02 bits per heavy atom. The van der Waals surface area contributed by atoms with Gasteiger partial charge in [-0.3, -0.25) is 4.79 Å². The van der Waals surface area contributed by atoms with E-state index in [1.54, 1.807) is 11.8 Å². The molecule has 1 aliphatic carbocycles. The zero-order valence-electron chi connectivity index (χ0n) is 23.4. The van der Waals surface area contributed by atoms with E-state index in [9.17, 15) is 27.9 Å². The molecule has 1 saturated carbocycles. The number of rotatable bonds is 12. The van der Waals surface area contributed by atoms with Gasteiger partial charge in [0.15, 0.2) is 0 Å². The van der Waals surface area contributed by atoms with Crippen LogP contribution in [-0.2, 0) is 16.1 Å². The quantitative estimate of drug-likeness (QED) is 0.213. The van der Waals surface area contributed by atoms with Gasteiger partial charge in [0.2, 0.25) is 0 Å². The summed E-state index contributed by atoms with van der Waals surface area (Å²) in [6.07, 6.45) is 5.30. The molecule has 1 aliphatic rings. The lowest BCUT2D eigenvalue weighted by molar-refractivity contribution is -0.192. The van der Waals surface area contributed by atoms with Crippen molar-refractivity contribution in [3.05, 3.63) is 59.2 Å². The van der Waals surface area contributed by atoms with E-state index in [0.717, 1.165) is 41.3 Å². The minimum absolute atomic E-state index is 0.344. The van der Waals surface area contributed by atoms with E-state index < -0.39 is 24.2 Å². The second-order valence-corrected chi connectivity index (χ2v) is 11.1. The highest BCUT2D eigenvalue weighted by Gasteiger charge is 2.38. The van der Waals surface area contributed by atoms with Gasteiger partial charge in [-0.2, -0.15) is 24.9 Å². The molecule has 0 heterocycles. The number of halogens is 3. The Bertz CT molecular complexity index is 1150. The largest absolute Gasteiger partial charge is 0.490 e. The first kappa shape index (κ1) is 34.2. The van der Waals surface area contributed by atoms with Crippen LogP contribution in [0.3, 0.4) is 0 Å². The van der Waals surface area contributed by atoms with E-state index in [1.165, 1.54) is 38.5 Å². The van der Waals surface area contributed by atoms with Gasteiger partial charge in [-0.05, 0) is 78.6 Å². The lowest BCUT2D eigenvalue weighted by Gasteiger charge is -2.21. The summed E-state index contributed by atoms with van der Waals surface area (Å²) in [5.74, 6) is -2.58. The topological polar surface area (TPSA) is 116 Å². The Hall–Kier alpha value is -3.05. The fraction of sp³-hybridized carbons (Fsp3) is 0.500. The fourth-order valence-corrected chi connectivity index (χ4v) is 5.21. The predicted octanol–water partition coefficient (Wildman–Crippen LogP) is 6.29. The minimum atomic E-state index is -5.08. The number of carboxylic acids is 2. The normalized spacial score (nSPS) is 14.5. The molecule has 0 saturated heterocycles. The van der Waals surface area contributed by atoms with Crippen LogP contribution in [0.1, 0.15) is 66.4 Å². The van der Waals surface area contributed by atoms with Crippen molar-refractivity contribution in [3.8, 4) is 11.1 Å². The van der Waals surface area contributed by atoms with Gasteiger partial charge in [0.05, 0.1) is 0 Å². The van der Waals surface area contributed by atoms with E-state index >= 15 is 0 Å². The van der Waals surface area contributed by atoms with Crippen LogP contribution in [0.15, 0.2) is 42.5 Å². The summed E-state index contributed by atoms with van der Waals surface area (Å²) in [6, 6.07) is 13.0. The Labute approximate surface area is 243 Å². The number of carboxylic acid groups (broad SMARTS) is 2. The molecule has 41 heavy (non-hydrogen) atoms. The molecule has 0 bridgehead atoms. The van der Waals surface area contributed by atoms with Crippen molar-refractivity contribution < 1.29 is 37.8 Å². The molecule has 2 aromatic rings. The third kappa shape index (κ3) is 11.8. The van der Waals surface area contributed by atoms with E-state index in [1.807, 2.05) is 49.6 Å². The van der Waals surface area contributed by atoms with Gasteiger partial charge in [0.25, 0.3) is 5.91 Å². The molecule has 4 N–H and O–H groups in total. The van der Waals surface area contributed by atoms with Gasteiger partial charge >= 0.3 is 18.1 Å². The zero-order valence-corrected chi connectivity index (χ0v) is 24.2. The van der Waals surface area contributed by atoms with Crippen LogP contribution in [-0.4, -0.2) is 58.8 Å². The average molecular weight is 597 g/mol. The van der Waals surface area contributed by atoms with Crippen molar-refractivity contribution in [2.75, 3.05) is 18.6 Å². The van der Waals surface area contributed by atoms with Gasteiger partial charge in [-0.25, -0.2) is 9.59 Å². The molecule has 1 atom stereocenters. The van der Waals surface area contributed by atoms with Crippen LogP contribution >= 0.6 is 11.8 Å². The maximum atomic E-state index is 13.2. The van der Waals surface area contributed by atoms with Gasteiger partial charge < -0.3 is 20.8 Å². The summed E-state index contributed by atoms with van der Waals surface area (Å²) in [5.41, 5.74) is 4.55. The molecule has 226 valence electrons. The Balaban J connectivity index is 0.000000745. The van der Waals surface area contributed by atoms with Crippen LogP contribution in [0.2, 0.25) is 0 Å². The van der Waals surface area contributed by atoms with Crippen molar-refractivity contribution in [2.24, 2.45) is 5.92 Å². The Morgan fingerprint density at radius 2 is 1.68 bits per heavy atom. The molecule has 0 unspecified atom stereocenters. The second-order valence-electron chi connectivity index (χ2n) is 10.1. The van der Waals surface area contributed by atoms with Crippen LogP contribution in [0.25, 0.3) is 11.1 Å². The fourth-order valence-electron chi connectivity index (χ4n) is 4.74. The highest BCUT2D eigenvalue weighted by Crippen LogP contribution is 2.29. The van der Waals surface area contributed by atoms with Crippen LogP contribution in [0.5, 0.6) is 0 Å². The van der Waals surface area contributed by atoms with Crippen molar-refractivity contribution >= 4 is 29.6 Å². The summed E-state index contributed by atoms with van der Waals surface area (Å²) in [7, 11) is 0. The molecule has 0 aliphatic heterocycles. The highest BCUT2D eigenvalue weighted by molar-refractivity contribution is 7.98. The standard InChI is InChI=1S/C28H38N2O3S.C2HF3O2/c1-20-8-6-7-11-23(20)25-18-22(19-29-16-14-21-9-4-3-5-10-21)12-13-24(25)27(31)30-26(28(32)33)15-17-34-2;3-2(4,5)1(6)7/h6-8,11-13,18,21,26,29H,3-5,9-10,14-17,19H2,1-2H3,(H,30,31)(H,32,33);(H,6,7)/t26-;/m0./s1.